The van der Waals surface area contributed by atoms with Gasteiger partial charge in [-0.3, -0.25) is 20.2 Å². The molecule has 7 heteroatoms. The van der Waals surface area contributed by atoms with Gasteiger partial charge in [0.2, 0.25) is 0 Å². The first-order chi connectivity index (χ1) is 10.9. The summed E-state index contributed by atoms with van der Waals surface area (Å²) in [5.41, 5.74) is 3.65. The largest absolute Gasteiger partial charge is 0.328 e. The fraction of sp³-hybridized carbons (Fsp3) is 0.125. The second-order valence-electron chi connectivity index (χ2n) is 5.28. The van der Waals surface area contributed by atoms with Crippen LogP contribution in [0.1, 0.15) is 16.7 Å². The van der Waals surface area contributed by atoms with Crippen molar-refractivity contribution >= 4 is 23.9 Å². The van der Waals surface area contributed by atoms with Gasteiger partial charge in [-0.25, -0.2) is 9.48 Å². The maximum atomic E-state index is 11.7. The van der Waals surface area contributed by atoms with Gasteiger partial charge in [0.1, 0.15) is 5.57 Å². The van der Waals surface area contributed by atoms with Gasteiger partial charge >= 0.3 is 6.03 Å². The summed E-state index contributed by atoms with van der Waals surface area (Å²) in [6.07, 6.45) is 4.63. The molecule has 1 aromatic heterocycles. The maximum Gasteiger partial charge on any atom is 0.328 e. The van der Waals surface area contributed by atoms with Crippen molar-refractivity contribution in [1.29, 1.82) is 0 Å². The van der Waals surface area contributed by atoms with Crippen LogP contribution in [0.3, 0.4) is 0 Å². The Labute approximate surface area is 132 Å². The molecule has 4 amide bonds. The number of barbiturate groups is 1. The molecule has 0 atom stereocenters. The lowest BCUT2D eigenvalue weighted by molar-refractivity contribution is -0.123. The van der Waals surface area contributed by atoms with Crippen LogP contribution in [-0.4, -0.2) is 27.6 Å². The molecule has 1 saturated heterocycles. The van der Waals surface area contributed by atoms with Crippen LogP contribution in [0.2, 0.25) is 0 Å². The molecule has 23 heavy (non-hydrogen) atoms. The van der Waals surface area contributed by atoms with Crippen molar-refractivity contribution < 1.29 is 14.4 Å². The van der Waals surface area contributed by atoms with Crippen molar-refractivity contribution in [3.8, 4) is 5.69 Å². The molecule has 0 saturated carbocycles. The van der Waals surface area contributed by atoms with E-state index in [-0.39, 0.29) is 5.57 Å². The molecule has 0 aliphatic carbocycles. The van der Waals surface area contributed by atoms with Crippen molar-refractivity contribution in [2.45, 2.75) is 13.8 Å². The fourth-order valence-electron chi connectivity index (χ4n) is 2.19. The van der Waals surface area contributed by atoms with Crippen molar-refractivity contribution in [1.82, 2.24) is 20.4 Å². The predicted molar refractivity (Wildman–Crippen MR) is 82.7 cm³/mol. The molecular weight excluding hydrogens is 296 g/mol. The molecule has 3 rings (SSSR count). The Morgan fingerprint density at radius 1 is 1.04 bits per heavy atom. The first kappa shape index (κ1) is 14.7. The van der Waals surface area contributed by atoms with Gasteiger partial charge in [0.15, 0.2) is 0 Å². The second-order valence-corrected chi connectivity index (χ2v) is 5.28. The quantitative estimate of drug-likeness (QED) is 0.644. The average Bonchev–Trinajstić information content (AvgIpc) is 2.94. The van der Waals surface area contributed by atoms with E-state index in [9.17, 15) is 14.4 Å². The summed E-state index contributed by atoms with van der Waals surface area (Å²) in [6, 6.07) is 5.11. The predicted octanol–water partition coefficient (Wildman–Crippen LogP) is 1.24. The van der Waals surface area contributed by atoms with Gasteiger partial charge < -0.3 is 0 Å². The zero-order valence-corrected chi connectivity index (χ0v) is 12.6. The number of hydrogen-bond donors (Lipinski definition) is 2. The van der Waals surface area contributed by atoms with E-state index in [1.807, 2.05) is 42.7 Å². The third-order valence-corrected chi connectivity index (χ3v) is 3.61. The summed E-state index contributed by atoms with van der Waals surface area (Å²) in [5, 5.41) is 8.28. The number of carbonyl (C=O) groups excluding carboxylic acids is 3. The van der Waals surface area contributed by atoms with Gasteiger partial charge in [-0.05, 0) is 43.2 Å². The van der Waals surface area contributed by atoms with Crippen LogP contribution in [-0.2, 0) is 9.59 Å². The number of hydrogen-bond acceptors (Lipinski definition) is 4. The maximum absolute atomic E-state index is 11.7. The fourth-order valence-corrected chi connectivity index (χ4v) is 2.19. The smallest absolute Gasteiger partial charge is 0.273 e. The summed E-state index contributed by atoms with van der Waals surface area (Å²) in [5.74, 6) is -1.45. The molecule has 1 aliphatic rings. The monoisotopic (exact) mass is 310 g/mol. The lowest BCUT2D eigenvalue weighted by atomic mass is 10.1. The highest BCUT2D eigenvalue weighted by molar-refractivity contribution is 6.31. The molecular formula is C16H14N4O3. The standard InChI is InChI=1S/C16H14N4O3/c1-9-3-4-12(5-10(9)2)20-8-11(7-17-20)6-13-14(21)18-16(23)19-15(13)22/h3-8H,1-2H3,(H2,18,19,21,22,23). The number of benzene rings is 1. The van der Waals surface area contributed by atoms with E-state index in [2.05, 4.69) is 5.10 Å². The van der Waals surface area contributed by atoms with Crippen molar-refractivity contribution in [3.63, 3.8) is 0 Å². The molecule has 1 fully saturated rings. The summed E-state index contributed by atoms with van der Waals surface area (Å²) < 4.78 is 1.66. The summed E-state index contributed by atoms with van der Waals surface area (Å²) in [4.78, 5) is 34.4. The van der Waals surface area contributed by atoms with Crippen LogP contribution < -0.4 is 10.6 Å². The number of nitrogens with zero attached hydrogens (tertiary/aromatic N) is 2. The number of amides is 4. The van der Waals surface area contributed by atoms with E-state index in [4.69, 9.17) is 0 Å². The van der Waals surface area contributed by atoms with Gasteiger partial charge in [0, 0.05) is 11.8 Å². The van der Waals surface area contributed by atoms with Crippen LogP contribution >= 0.6 is 0 Å². The third-order valence-electron chi connectivity index (χ3n) is 3.61. The number of aryl methyl sites for hydroxylation is 2. The first-order valence-electron chi connectivity index (χ1n) is 6.95. The lowest BCUT2D eigenvalue weighted by Crippen LogP contribution is -2.51. The molecule has 2 N–H and O–H groups in total. The molecule has 0 spiro atoms. The molecule has 2 aromatic rings. The molecule has 0 unspecified atom stereocenters. The van der Waals surface area contributed by atoms with E-state index >= 15 is 0 Å². The topological polar surface area (TPSA) is 93.1 Å². The highest BCUT2D eigenvalue weighted by Crippen LogP contribution is 2.15. The number of urea groups is 1. The second kappa shape index (κ2) is 5.53. The highest BCUT2D eigenvalue weighted by Gasteiger charge is 2.27. The Bertz CT molecular complexity index is 842. The molecule has 0 bridgehead atoms. The number of nitrogens with one attached hydrogen (secondary N) is 2. The van der Waals surface area contributed by atoms with Gasteiger partial charge in [-0.2, -0.15) is 5.10 Å². The minimum atomic E-state index is -0.817. The van der Waals surface area contributed by atoms with E-state index in [0.717, 1.165) is 11.3 Å². The van der Waals surface area contributed by atoms with Gasteiger partial charge in [0.25, 0.3) is 11.8 Å². The Morgan fingerprint density at radius 3 is 2.39 bits per heavy atom. The Balaban J connectivity index is 1.91. The van der Waals surface area contributed by atoms with Crippen molar-refractivity contribution in [3.05, 3.63) is 52.9 Å². The van der Waals surface area contributed by atoms with E-state index in [1.54, 1.807) is 17.1 Å². The van der Waals surface area contributed by atoms with Crippen LogP contribution in [0, 0.1) is 13.8 Å². The zero-order chi connectivity index (χ0) is 16.6. The number of imide groups is 2. The third kappa shape index (κ3) is 2.89. The van der Waals surface area contributed by atoms with E-state index in [1.165, 1.54) is 11.6 Å². The Kier molecular flexibility index (Phi) is 3.53. The minimum absolute atomic E-state index is 0.135. The molecule has 2 heterocycles. The lowest BCUT2D eigenvalue weighted by Gasteiger charge is -2.13. The molecule has 7 nitrogen and oxygen atoms in total. The van der Waals surface area contributed by atoms with Gasteiger partial charge in [-0.1, -0.05) is 6.07 Å². The number of carbonyl (C=O) groups is 3. The summed E-state index contributed by atoms with van der Waals surface area (Å²) in [6.45, 7) is 4.04. The summed E-state index contributed by atoms with van der Waals surface area (Å²) >= 11 is 0. The average molecular weight is 310 g/mol. The van der Waals surface area contributed by atoms with Gasteiger partial charge in [-0.15, -0.1) is 0 Å². The van der Waals surface area contributed by atoms with E-state index < -0.39 is 17.8 Å². The molecule has 1 aromatic carbocycles. The van der Waals surface area contributed by atoms with Crippen LogP contribution in [0.15, 0.2) is 36.2 Å². The minimum Gasteiger partial charge on any atom is -0.273 e. The molecule has 1 aliphatic heterocycles. The highest BCUT2D eigenvalue weighted by atomic mass is 16.2. The van der Waals surface area contributed by atoms with Crippen LogP contribution in [0.25, 0.3) is 11.8 Å². The molecule has 0 radical (unpaired) electrons. The van der Waals surface area contributed by atoms with Crippen LogP contribution in [0.5, 0.6) is 0 Å². The number of aromatic nitrogens is 2. The first-order valence-corrected chi connectivity index (χ1v) is 6.95. The van der Waals surface area contributed by atoms with E-state index in [0.29, 0.717) is 5.56 Å². The molecule has 116 valence electrons. The van der Waals surface area contributed by atoms with Crippen LogP contribution in [0.4, 0.5) is 4.79 Å². The number of rotatable bonds is 2. The zero-order valence-electron chi connectivity index (χ0n) is 12.6. The van der Waals surface area contributed by atoms with Crippen molar-refractivity contribution in [2.24, 2.45) is 0 Å². The summed E-state index contributed by atoms with van der Waals surface area (Å²) in [7, 11) is 0. The normalized spacial score (nSPS) is 14.5. The van der Waals surface area contributed by atoms with Gasteiger partial charge in [0.05, 0.1) is 11.9 Å². The SMILES string of the molecule is Cc1ccc(-n2cc(C=C3C(=O)NC(=O)NC3=O)cn2)cc1C. The van der Waals surface area contributed by atoms with Crippen molar-refractivity contribution in [2.75, 3.05) is 0 Å². The Hall–Kier alpha value is -3.22. The Morgan fingerprint density at radius 2 is 1.74 bits per heavy atom.